The average Bonchev–Trinajstić information content (AvgIpc) is 2.97. The molecule has 1 heterocycles. The number of carboxylic acid groups (broad SMARTS) is 1. The molecule has 6 heteroatoms. The number of aliphatic hydroxyl groups excluding tert-OH is 1. The third-order valence-corrected chi connectivity index (χ3v) is 3.97. The van der Waals surface area contributed by atoms with Crippen LogP contribution in [0.5, 0.6) is 0 Å². The summed E-state index contributed by atoms with van der Waals surface area (Å²) in [6.45, 7) is 1.59. The number of carbonyl (C=O) groups is 2. The van der Waals surface area contributed by atoms with Crippen molar-refractivity contribution in [3.05, 3.63) is 35.4 Å². The Morgan fingerprint density at radius 1 is 1.36 bits per heavy atom. The molecule has 0 aromatic heterocycles. The standard InChI is InChI=1S/C16H22N2O4/c1-17(9-10-19)11-12-5-2-3-6-13(12)15(20)18-8-4-7-14(18)16(21)22/h2-3,5-6,14,19H,4,7-11H2,1H3,(H,21,22). The highest BCUT2D eigenvalue weighted by Gasteiger charge is 2.35. The van der Waals surface area contributed by atoms with Gasteiger partial charge >= 0.3 is 5.97 Å². The summed E-state index contributed by atoms with van der Waals surface area (Å²) in [5, 5.41) is 18.2. The Kier molecular flexibility index (Phi) is 5.51. The van der Waals surface area contributed by atoms with Gasteiger partial charge < -0.3 is 15.1 Å². The van der Waals surface area contributed by atoms with Gasteiger partial charge in [-0.15, -0.1) is 0 Å². The number of likely N-dealkylation sites (N-methyl/N-ethyl adjacent to an activating group) is 1. The van der Waals surface area contributed by atoms with E-state index in [0.29, 0.717) is 31.6 Å². The number of carboxylic acids is 1. The number of hydrogen-bond donors (Lipinski definition) is 2. The fraction of sp³-hybridized carbons (Fsp3) is 0.500. The number of nitrogens with zero attached hydrogens (tertiary/aromatic N) is 2. The summed E-state index contributed by atoms with van der Waals surface area (Å²) in [4.78, 5) is 27.4. The molecule has 22 heavy (non-hydrogen) atoms. The summed E-state index contributed by atoms with van der Waals surface area (Å²) >= 11 is 0. The molecule has 1 unspecified atom stereocenters. The lowest BCUT2D eigenvalue weighted by Crippen LogP contribution is -2.41. The molecule has 1 atom stereocenters. The Hall–Kier alpha value is -1.92. The van der Waals surface area contributed by atoms with E-state index in [9.17, 15) is 14.7 Å². The first-order valence-corrected chi connectivity index (χ1v) is 7.45. The van der Waals surface area contributed by atoms with Gasteiger partial charge in [-0.1, -0.05) is 18.2 Å². The third kappa shape index (κ3) is 3.64. The van der Waals surface area contributed by atoms with Gasteiger partial charge in [-0.3, -0.25) is 9.69 Å². The molecule has 6 nitrogen and oxygen atoms in total. The number of aliphatic carboxylic acids is 1. The molecule has 1 fully saturated rings. The molecule has 0 saturated carbocycles. The Balaban J connectivity index is 2.21. The molecule has 0 aliphatic carbocycles. The maximum atomic E-state index is 12.7. The zero-order valence-electron chi connectivity index (χ0n) is 12.7. The van der Waals surface area contributed by atoms with E-state index in [2.05, 4.69) is 0 Å². The lowest BCUT2D eigenvalue weighted by molar-refractivity contribution is -0.141. The van der Waals surface area contributed by atoms with Crippen molar-refractivity contribution < 1.29 is 19.8 Å². The van der Waals surface area contributed by atoms with Crippen LogP contribution in [0.3, 0.4) is 0 Å². The van der Waals surface area contributed by atoms with Gasteiger partial charge in [-0.25, -0.2) is 4.79 Å². The SMILES string of the molecule is CN(CCO)Cc1ccccc1C(=O)N1CCCC1C(=O)O. The van der Waals surface area contributed by atoms with Crippen LogP contribution >= 0.6 is 0 Å². The fourth-order valence-electron chi connectivity index (χ4n) is 2.83. The van der Waals surface area contributed by atoms with Crippen LogP contribution in [0, 0.1) is 0 Å². The van der Waals surface area contributed by atoms with Gasteiger partial charge in [0.25, 0.3) is 5.91 Å². The molecule has 0 spiro atoms. The third-order valence-electron chi connectivity index (χ3n) is 3.97. The first kappa shape index (κ1) is 16.5. The highest BCUT2D eigenvalue weighted by Crippen LogP contribution is 2.22. The molecule has 2 N–H and O–H groups in total. The second-order valence-electron chi connectivity index (χ2n) is 5.61. The Morgan fingerprint density at radius 3 is 2.77 bits per heavy atom. The van der Waals surface area contributed by atoms with Crippen LogP contribution in [-0.4, -0.2) is 64.7 Å². The van der Waals surface area contributed by atoms with Crippen molar-refractivity contribution in [2.75, 3.05) is 26.7 Å². The normalized spacial score (nSPS) is 18.0. The van der Waals surface area contributed by atoms with Crippen molar-refractivity contribution in [2.24, 2.45) is 0 Å². The topological polar surface area (TPSA) is 81.1 Å². The Morgan fingerprint density at radius 2 is 2.09 bits per heavy atom. The largest absolute Gasteiger partial charge is 0.480 e. The average molecular weight is 306 g/mol. The number of aliphatic hydroxyl groups is 1. The maximum absolute atomic E-state index is 12.7. The highest BCUT2D eigenvalue weighted by molar-refractivity contribution is 5.98. The van der Waals surface area contributed by atoms with E-state index < -0.39 is 12.0 Å². The molecule has 1 aliphatic heterocycles. The molecule has 1 amide bonds. The second kappa shape index (κ2) is 7.38. The van der Waals surface area contributed by atoms with Crippen LogP contribution in [0.2, 0.25) is 0 Å². The van der Waals surface area contributed by atoms with Gasteiger partial charge in [0.15, 0.2) is 0 Å². The lowest BCUT2D eigenvalue weighted by atomic mass is 10.1. The number of benzene rings is 1. The van der Waals surface area contributed by atoms with E-state index in [-0.39, 0.29) is 12.5 Å². The molecule has 0 radical (unpaired) electrons. The van der Waals surface area contributed by atoms with Gasteiger partial charge in [0.2, 0.25) is 0 Å². The predicted molar refractivity (Wildman–Crippen MR) is 81.6 cm³/mol. The van der Waals surface area contributed by atoms with E-state index in [1.54, 1.807) is 12.1 Å². The Labute approximate surface area is 130 Å². The van der Waals surface area contributed by atoms with Gasteiger partial charge in [-0.2, -0.15) is 0 Å². The van der Waals surface area contributed by atoms with Crippen LogP contribution < -0.4 is 0 Å². The summed E-state index contributed by atoms with van der Waals surface area (Å²) in [7, 11) is 1.87. The zero-order valence-corrected chi connectivity index (χ0v) is 12.7. The maximum Gasteiger partial charge on any atom is 0.326 e. The zero-order chi connectivity index (χ0) is 16.1. The fourth-order valence-corrected chi connectivity index (χ4v) is 2.83. The van der Waals surface area contributed by atoms with E-state index >= 15 is 0 Å². The first-order valence-electron chi connectivity index (χ1n) is 7.45. The van der Waals surface area contributed by atoms with Crippen molar-refractivity contribution in [1.29, 1.82) is 0 Å². The molecule has 1 aromatic rings. The van der Waals surface area contributed by atoms with Crippen molar-refractivity contribution in [1.82, 2.24) is 9.80 Å². The number of amides is 1. The van der Waals surface area contributed by atoms with Crippen molar-refractivity contribution >= 4 is 11.9 Å². The second-order valence-corrected chi connectivity index (χ2v) is 5.61. The van der Waals surface area contributed by atoms with Crippen LogP contribution in [0.15, 0.2) is 24.3 Å². The molecule has 120 valence electrons. The van der Waals surface area contributed by atoms with E-state index in [1.165, 1.54) is 4.90 Å². The summed E-state index contributed by atoms with van der Waals surface area (Å²) in [6.07, 6.45) is 1.23. The summed E-state index contributed by atoms with van der Waals surface area (Å²) in [5.41, 5.74) is 1.39. The number of carbonyl (C=O) groups excluding carboxylic acids is 1. The predicted octanol–water partition coefficient (Wildman–Crippen LogP) is 0.800. The monoisotopic (exact) mass is 306 g/mol. The van der Waals surface area contributed by atoms with Crippen LogP contribution in [0.1, 0.15) is 28.8 Å². The molecule has 2 rings (SSSR count). The van der Waals surface area contributed by atoms with Gasteiger partial charge in [0.1, 0.15) is 6.04 Å². The minimum Gasteiger partial charge on any atom is -0.480 e. The van der Waals surface area contributed by atoms with Gasteiger partial charge in [0, 0.05) is 25.2 Å². The minimum atomic E-state index is -0.944. The summed E-state index contributed by atoms with van der Waals surface area (Å²) in [5.74, 6) is -1.17. The van der Waals surface area contributed by atoms with Crippen molar-refractivity contribution in [3.63, 3.8) is 0 Å². The van der Waals surface area contributed by atoms with Crippen LogP contribution in [0.4, 0.5) is 0 Å². The number of rotatable bonds is 6. The number of hydrogen-bond acceptors (Lipinski definition) is 4. The smallest absolute Gasteiger partial charge is 0.326 e. The van der Waals surface area contributed by atoms with E-state index in [1.807, 2.05) is 24.1 Å². The summed E-state index contributed by atoms with van der Waals surface area (Å²) < 4.78 is 0. The van der Waals surface area contributed by atoms with E-state index in [0.717, 1.165) is 12.0 Å². The van der Waals surface area contributed by atoms with Gasteiger partial charge in [0.05, 0.1) is 6.61 Å². The molecule has 1 aromatic carbocycles. The van der Waals surface area contributed by atoms with Crippen LogP contribution in [-0.2, 0) is 11.3 Å². The molecular weight excluding hydrogens is 284 g/mol. The molecular formula is C16H22N2O4. The highest BCUT2D eigenvalue weighted by atomic mass is 16.4. The lowest BCUT2D eigenvalue weighted by Gasteiger charge is -2.24. The van der Waals surface area contributed by atoms with Crippen molar-refractivity contribution in [3.8, 4) is 0 Å². The minimum absolute atomic E-state index is 0.0554. The summed E-state index contributed by atoms with van der Waals surface area (Å²) in [6, 6.07) is 6.52. The van der Waals surface area contributed by atoms with Crippen LogP contribution in [0.25, 0.3) is 0 Å². The first-order chi connectivity index (χ1) is 10.5. The van der Waals surface area contributed by atoms with E-state index in [4.69, 9.17) is 5.11 Å². The molecule has 1 aliphatic rings. The molecule has 1 saturated heterocycles. The van der Waals surface area contributed by atoms with Crippen molar-refractivity contribution in [2.45, 2.75) is 25.4 Å². The van der Waals surface area contributed by atoms with Gasteiger partial charge in [-0.05, 0) is 31.5 Å². The number of likely N-dealkylation sites (tertiary alicyclic amines) is 1. The molecule has 0 bridgehead atoms. The Bertz CT molecular complexity index is 547. The quantitative estimate of drug-likeness (QED) is 0.812.